The van der Waals surface area contributed by atoms with Gasteiger partial charge in [-0.1, -0.05) is 6.07 Å². The molecule has 0 radical (unpaired) electrons. The Bertz CT molecular complexity index is 886. The molecule has 0 saturated carbocycles. The summed E-state index contributed by atoms with van der Waals surface area (Å²) in [6.07, 6.45) is 9.08. The first-order valence-corrected chi connectivity index (χ1v) is 10.5. The van der Waals surface area contributed by atoms with E-state index in [1.54, 1.807) is 24.7 Å². The number of aromatic nitrogens is 2. The van der Waals surface area contributed by atoms with E-state index in [2.05, 4.69) is 15.3 Å². The quantitative estimate of drug-likeness (QED) is 0.813. The lowest BCUT2D eigenvalue weighted by molar-refractivity contribution is -0.126. The number of pyridine rings is 2. The van der Waals surface area contributed by atoms with Crippen molar-refractivity contribution in [1.29, 1.82) is 0 Å². The SMILES string of the molecule is O=C(CSC1C2=C(CCCC2)C(=O)N1Cc1ccncc1)Nc1ccccn1. The number of carbonyl (C=O) groups is 2. The molecule has 0 fully saturated rings. The van der Waals surface area contributed by atoms with Crippen LogP contribution in [0, 0.1) is 0 Å². The number of nitrogens with one attached hydrogen (secondary N) is 1. The van der Waals surface area contributed by atoms with E-state index >= 15 is 0 Å². The Hall–Kier alpha value is -2.67. The number of carbonyl (C=O) groups excluding carboxylic acids is 2. The molecule has 4 rings (SSSR count). The highest BCUT2D eigenvalue weighted by Crippen LogP contribution is 2.41. The second-order valence-electron chi connectivity index (χ2n) is 6.93. The van der Waals surface area contributed by atoms with Gasteiger partial charge < -0.3 is 10.2 Å². The number of hydrogen-bond donors (Lipinski definition) is 1. The summed E-state index contributed by atoms with van der Waals surface area (Å²) in [5, 5.41) is 2.74. The minimum atomic E-state index is -0.107. The smallest absolute Gasteiger partial charge is 0.251 e. The van der Waals surface area contributed by atoms with Gasteiger partial charge in [-0.2, -0.15) is 0 Å². The minimum absolute atomic E-state index is 0.0783. The van der Waals surface area contributed by atoms with E-state index in [0.29, 0.717) is 12.4 Å². The van der Waals surface area contributed by atoms with E-state index in [1.165, 1.54) is 17.3 Å². The summed E-state index contributed by atoms with van der Waals surface area (Å²) in [4.78, 5) is 35.5. The van der Waals surface area contributed by atoms with Crippen LogP contribution >= 0.6 is 11.8 Å². The van der Waals surface area contributed by atoms with E-state index in [4.69, 9.17) is 0 Å². The molecule has 1 N–H and O–H groups in total. The Labute approximate surface area is 168 Å². The highest BCUT2D eigenvalue weighted by atomic mass is 32.2. The monoisotopic (exact) mass is 394 g/mol. The Morgan fingerprint density at radius 1 is 1.14 bits per heavy atom. The third kappa shape index (κ3) is 4.09. The van der Waals surface area contributed by atoms with E-state index in [-0.39, 0.29) is 22.9 Å². The van der Waals surface area contributed by atoms with Gasteiger partial charge in [0.05, 0.1) is 5.75 Å². The van der Waals surface area contributed by atoms with Crippen molar-refractivity contribution in [2.75, 3.05) is 11.1 Å². The van der Waals surface area contributed by atoms with Crippen LogP contribution in [-0.2, 0) is 16.1 Å². The van der Waals surface area contributed by atoms with Gasteiger partial charge in [0.25, 0.3) is 5.91 Å². The Balaban J connectivity index is 1.47. The maximum absolute atomic E-state index is 13.0. The van der Waals surface area contributed by atoms with Crippen LogP contribution in [0.1, 0.15) is 31.2 Å². The third-order valence-electron chi connectivity index (χ3n) is 5.02. The molecule has 0 saturated heterocycles. The summed E-state index contributed by atoms with van der Waals surface area (Å²) in [5.41, 5.74) is 3.22. The molecule has 1 aliphatic carbocycles. The molecule has 1 unspecified atom stereocenters. The van der Waals surface area contributed by atoms with Crippen LogP contribution in [0.4, 0.5) is 5.82 Å². The maximum Gasteiger partial charge on any atom is 0.251 e. The number of rotatable bonds is 6. The normalized spacial score (nSPS) is 18.9. The van der Waals surface area contributed by atoms with E-state index < -0.39 is 0 Å². The molecule has 7 heteroatoms. The number of amides is 2. The van der Waals surface area contributed by atoms with Crippen LogP contribution in [0.2, 0.25) is 0 Å². The number of nitrogens with zero attached hydrogens (tertiary/aromatic N) is 3. The lowest BCUT2D eigenvalue weighted by Gasteiger charge is -2.27. The lowest BCUT2D eigenvalue weighted by Crippen LogP contribution is -2.34. The summed E-state index contributed by atoms with van der Waals surface area (Å²) in [6, 6.07) is 9.27. The molecule has 0 spiro atoms. The predicted octanol–water partition coefficient (Wildman–Crippen LogP) is 3.39. The average Bonchev–Trinajstić information content (AvgIpc) is 2.99. The molecule has 2 amide bonds. The van der Waals surface area contributed by atoms with Crippen LogP contribution in [0.3, 0.4) is 0 Å². The molecular formula is C21H22N4O2S. The topological polar surface area (TPSA) is 75.2 Å². The number of anilines is 1. The van der Waals surface area contributed by atoms with Crippen molar-refractivity contribution in [1.82, 2.24) is 14.9 Å². The van der Waals surface area contributed by atoms with Crippen LogP contribution in [0.5, 0.6) is 0 Å². The molecule has 0 bridgehead atoms. The Kier molecular flexibility index (Phi) is 5.71. The zero-order valence-corrected chi connectivity index (χ0v) is 16.3. The van der Waals surface area contributed by atoms with Crippen molar-refractivity contribution in [2.45, 2.75) is 37.6 Å². The van der Waals surface area contributed by atoms with Gasteiger partial charge in [-0.05, 0) is 61.1 Å². The van der Waals surface area contributed by atoms with Gasteiger partial charge >= 0.3 is 0 Å². The molecule has 2 aromatic heterocycles. The standard InChI is InChI=1S/C21H22N4O2S/c26-19(24-18-7-3-4-10-23-18)14-28-21-17-6-2-1-5-16(17)20(27)25(21)13-15-8-11-22-12-9-15/h3-4,7-12,21H,1-2,5-6,13-14H2,(H,23,24,26). The summed E-state index contributed by atoms with van der Waals surface area (Å²) >= 11 is 1.52. The first-order valence-electron chi connectivity index (χ1n) is 9.46. The molecule has 3 heterocycles. The van der Waals surface area contributed by atoms with Crippen LogP contribution in [0.15, 0.2) is 60.1 Å². The number of hydrogen-bond acceptors (Lipinski definition) is 5. The molecule has 144 valence electrons. The summed E-state index contributed by atoms with van der Waals surface area (Å²) in [6.45, 7) is 0.536. The molecule has 2 aliphatic rings. The van der Waals surface area contributed by atoms with Crippen molar-refractivity contribution >= 4 is 29.4 Å². The fourth-order valence-corrected chi connectivity index (χ4v) is 4.91. The van der Waals surface area contributed by atoms with Gasteiger partial charge in [0.15, 0.2) is 0 Å². The lowest BCUT2D eigenvalue weighted by atomic mass is 9.94. The fourth-order valence-electron chi connectivity index (χ4n) is 3.71. The van der Waals surface area contributed by atoms with E-state index in [9.17, 15) is 9.59 Å². The summed E-state index contributed by atoms with van der Waals surface area (Å²) < 4.78 is 0. The molecule has 6 nitrogen and oxygen atoms in total. The largest absolute Gasteiger partial charge is 0.319 e. The minimum Gasteiger partial charge on any atom is -0.319 e. The summed E-state index contributed by atoms with van der Waals surface area (Å²) in [5.74, 6) is 0.832. The summed E-state index contributed by atoms with van der Waals surface area (Å²) in [7, 11) is 0. The third-order valence-corrected chi connectivity index (χ3v) is 6.30. The maximum atomic E-state index is 13.0. The van der Waals surface area contributed by atoms with E-state index in [1.807, 2.05) is 29.2 Å². The average molecular weight is 394 g/mol. The first kappa shape index (κ1) is 18.7. The molecule has 2 aromatic rings. The van der Waals surface area contributed by atoms with Crippen molar-refractivity contribution in [2.24, 2.45) is 0 Å². The highest BCUT2D eigenvalue weighted by molar-refractivity contribution is 8.00. The molecule has 28 heavy (non-hydrogen) atoms. The molecule has 0 aromatic carbocycles. The highest BCUT2D eigenvalue weighted by Gasteiger charge is 2.40. The van der Waals surface area contributed by atoms with Crippen LogP contribution in [0.25, 0.3) is 0 Å². The fraction of sp³-hybridized carbons (Fsp3) is 0.333. The molecule has 1 aliphatic heterocycles. The van der Waals surface area contributed by atoms with Crippen molar-refractivity contribution in [3.63, 3.8) is 0 Å². The first-order chi connectivity index (χ1) is 13.7. The Morgan fingerprint density at radius 3 is 2.75 bits per heavy atom. The van der Waals surface area contributed by atoms with Gasteiger partial charge in [0, 0.05) is 30.7 Å². The second-order valence-corrected chi connectivity index (χ2v) is 7.99. The Morgan fingerprint density at radius 2 is 1.96 bits per heavy atom. The molecular weight excluding hydrogens is 372 g/mol. The predicted molar refractivity (Wildman–Crippen MR) is 109 cm³/mol. The van der Waals surface area contributed by atoms with E-state index in [0.717, 1.165) is 36.8 Å². The van der Waals surface area contributed by atoms with Crippen molar-refractivity contribution < 1.29 is 9.59 Å². The van der Waals surface area contributed by atoms with Gasteiger partial charge in [-0.15, -0.1) is 11.8 Å². The zero-order valence-electron chi connectivity index (χ0n) is 15.5. The van der Waals surface area contributed by atoms with Crippen molar-refractivity contribution in [3.8, 4) is 0 Å². The second kappa shape index (κ2) is 8.56. The van der Waals surface area contributed by atoms with Crippen LogP contribution in [-0.4, -0.2) is 37.8 Å². The van der Waals surface area contributed by atoms with Crippen LogP contribution < -0.4 is 5.32 Å². The molecule has 1 atom stereocenters. The zero-order chi connectivity index (χ0) is 19.3. The van der Waals surface area contributed by atoms with Gasteiger partial charge in [-0.25, -0.2) is 4.98 Å². The van der Waals surface area contributed by atoms with Crippen molar-refractivity contribution in [3.05, 3.63) is 65.6 Å². The van der Waals surface area contributed by atoms with Gasteiger partial charge in [0.2, 0.25) is 5.91 Å². The van der Waals surface area contributed by atoms with Gasteiger partial charge in [0.1, 0.15) is 11.2 Å². The number of thioether (sulfide) groups is 1. The van der Waals surface area contributed by atoms with Gasteiger partial charge in [-0.3, -0.25) is 14.6 Å².